The van der Waals surface area contributed by atoms with Crippen LogP contribution in [0.3, 0.4) is 0 Å². The monoisotopic (exact) mass is 466 g/mol. The van der Waals surface area contributed by atoms with Gasteiger partial charge in [-0.2, -0.15) is 26.3 Å². The van der Waals surface area contributed by atoms with Crippen LogP contribution in [0.4, 0.5) is 32.0 Å². The number of hydrogen-bond donors (Lipinski definition) is 2. The third kappa shape index (κ3) is 5.91. The number of nitrogens with one attached hydrogen (secondary N) is 1. The largest absolute Gasteiger partial charge is 0.471 e. The summed E-state index contributed by atoms with van der Waals surface area (Å²) in [4.78, 5) is 26.3. The fourth-order valence-electron chi connectivity index (χ4n) is 4.07. The molecule has 2 aliphatic rings. The van der Waals surface area contributed by atoms with Gasteiger partial charge in [-0.05, 0) is 43.9 Å². The molecule has 0 radical (unpaired) electrons. The van der Waals surface area contributed by atoms with Gasteiger partial charge in [-0.3, -0.25) is 19.4 Å². The molecule has 1 saturated carbocycles. The van der Waals surface area contributed by atoms with Crippen molar-refractivity contribution in [1.29, 1.82) is 0 Å². The molecule has 1 saturated heterocycles. The van der Waals surface area contributed by atoms with Crippen LogP contribution >= 0.6 is 0 Å². The molecule has 178 valence electrons. The van der Waals surface area contributed by atoms with Crippen molar-refractivity contribution < 1.29 is 35.9 Å². The first-order valence-electron chi connectivity index (χ1n) is 10.2. The molecule has 12 heteroatoms. The van der Waals surface area contributed by atoms with Gasteiger partial charge in [0.1, 0.15) is 6.54 Å². The summed E-state index contributed by atoms with van der Waals surface area (Å²) < 4.78 is 77.9. The van der Waals surface area contributed by atoms with Gasteiger partial charge in [-0.1, -0.05) is 6.07 Å². The predicted octanol–water partition coefficient (Wildman–Crippen LogP) is 2.67. The van der Waals surface area contributed by atoms with Crippen molar-refractivity contribution in [1.82, 2.24) is 10.2 Å². The molecule has 2 amide bonds. The van der Waals surface area contributed by atoms with Gasteiger partial charge in [-0.15, -0.1) is 0 Å². The number of alkyl halides is 6. The molecular formula is C20H24F6N4O2. The highest BCUT2D eigenvalue weighted by molar-refractivity contribution is 6.01. The zero-order valence-electron chi connectivity index (χ0n) is 17.0. The molecule has 0 aromatic heterocycles. The second kappa shape index (κ2) is 9.26. The maximum atomic E-state index is 13.0. The first-order valence-corrected chi connectivity index (χ1v) is 10.2. The van der Waals surface area contributed by atoms with E-state index >= 15 is 0 Å². The Hall–Kier alpha value is -2.34. The molecule has 3 rings (SSSR count). The Morgan fingerprint density at radius 3 is 2.25 bits per heavy atom. The lowest BCUT2D eigenvalue weighted by Gasteiger charge is -2.46. The number of anilines is 1. The van der Waals surface area contributed by atoms with Gasteiger partial charge >= 0.3 is 18.3 Å². The predicted molar refractivity (Wildman–Crippen MR) is 104 cm³/mol. The van der Waals surface area contributed by atoms with E-state index in [0.29, 0.717) is 31.3 Å². The fourth-order valence-corrected chi connectivity index (χ4v) is 4.07. The van der Waals surface area contributed by atoms with Crippen LogP contribution in [-0.4, -0.2) is 60.7 Å². The molecule has 2 fully saturated rings. The summed E-state index contributed by atoms with van der Waals surface area (Å²) in [6, 6.07) is 3.11. The van der Waals surface area contributed by atoms with Crippen LogP contribution < -0.4 is 16.0 Å². The minimum absolute atomic E-state index is 0.0174. The second-order valence-electron chi connectivity index (χ2n) is 8.22. The van der Waals surface area contributed by atoms with Crippen molar-refractivity contribution in [2.24, 2.45) is 5.73 Å². The van der Waals surface area contributed by atoms with Crippen LogP contribution in [0.2, 0.25) is 0 Å². The molecule has 1 aromatic carbocycles. The van der Waals surface area contributed by atoms with E-state index in [2.05, 4.69) is 10.2 Å². The number of nitrogens with zero attached hydrogens (tertiary/aromatic N) is 2. The van der Waals surface area contributed by atoms with Crippen LogP contribution in [-0.2, 0) is 15.8 Å². The Balaban J connectivity index is 1.63. The van der Waals surface area contributed by atoms with E-state index in [4.69, 9.17) is 5.73 Å². The van der Waals surface area contributed by atoms with Crippen LogP contribution in [0.1, 0.15) is 31.2 Å². The number of benzene rings is 1. The lowest BCUT2D eigenvalue weighted by atomic mass is 9.88. The van der Waals surface area contributed by atoms with E-state index in [-0.39, 0.29) is 17.0 Å². The average Bonchev–Trinajstić information content (AvgIpc) is 2.68. The summed E-state index contributed by atoms with van der Waals surface area (Å²) in [7, 11) is 0. The van der Waals surface area contributed by atoms with Gasteiger partial charge in [0.15, 0.2) is 0 Å². The Morgan fingerprint density at radius 2 is 1.69 bits per heavy atom. The van der Waals surface area contributed by atoms with Crippen molar-refractivity contribution in [3.63, 3.8) is 0 Å². The number of hydrogen-bond acceptors (Lipinski definition) is 4. The van der Waals surface area contributed by atoms with Crippen molar-refractivity contribution in [2.45, 2.75) is 56.2 Å². The molecule has 6 nitrogen and oxygen atoms in total. The van der Waals surface area contributed by atoms with E-state index in [1.807, 2.05) is 0 Å². The SMILES string of the molecule is NC1CCC(N2CC(NC(=O)CN(C(=O)C(F)(F)F)c3cccc(C(F)(F)F)c3)C2)CC1. The Bertz CT molecular complexity index is 830. The van der Waals surface area contributed by atoms with E-state index in [1.54, 1.807) is 0 Å². The van der Waals surface area contributed by atoms with E-state index < -0.39 is 42.0 Å². The first kappa shape index (κ1) is 24.3. The third-order valence-corrected chi connectivity index (χ3v) is 5.81. The minimum Gasteiger partial charge on any atom is -0.349 e. The number of nitrogens with two attached hydrogens (primary N) is 1. The Kier molecular flexibility index (Phi) is 7.03. The quantitative estimate of drug-likeness (QED) is 0.655. The van der Waals surface area contributed by atoms with Crippen LogP contribution in [0.5, 0.6) is 0 Å². The van der Waals surface area contributed by atoms with Crippen LogP contribution in [0.15, 0.2) is 24.3 Å². The normalized spacial score (nSPS) is 22.8. The summed E-state index contributed by atoms with van der Waals surface area (Å²) >= 11 is 0. The summed E-state index contributed by atoms with van der Waals surface area (Å²) in [6.07, 6.45) is -6.49. The van der Waals surface area contributed by atoms with E-state index in [9.17, 15) is 35.9 Å². The number of likely N-dealkylation sites (tertiary alicyclic amines) is 1. The summed E-state index contributed by atoms with van der Waals surface area (Å²) in [5.74, 6) is -3.30. The number of carbonyl (C=O) groups is 2. The standard InChI is InChI=1S/C20H24F6N4O2/c21-19(22,23)12-2-1-3-16(8-12)30(18(32)20(24,25)26)11-17(31)28-14-9-29(10-14)15-6-4-13(27)5-7-15/h1-3,8,13-15H,4-7,9-11,27H2,(H,28,31). The number of rotatable bonds is 5. The number of carbonyl (C=O) groups excluding carboxylic acids is 2. The molecule has 1 heterocycles. The molecule has 0 spiro atoms. The summed E-state index contributed by atoms with van der Waals surface area (Å²) in [6.45, 7) is -0.0146. The maximum Gasteiger partial charge on any atom is 0.471 e. The Morgan fingerprint density at radius 1 is 1.06 bits per heavy atom. The molecule has 3 N–H and O–H groups in total. The maximum absolute atomic E-state index is 13.0. The van der Waals surface area contributed by atoms with Gasteiger partial charge in [0.05, 0.1) is 11.6 Å². The highest BCUT2D eigenvalue weighted by Gasteiger charge is 2.44. The molecule has 0 bridgehead atoms. The molecule has 1 aliphatic heterocycles. The summed E-state index contributed by atoms with van der Waals surface area (Å²) in [5, 5.41) is 2.56. The molecular weight excluding hydrogens is 442 g/mol. The van der Waals surface area contributed by atoms with Crippen molar-refractivity contribution >= 4 is 17.5 Å². The van der Waals surface area contributed by atoms with Crippen molar-refractivity contribution in [2.75, 3.05) is 24.5 Å². The average molecular weight is 466 g/mol. The third-order valence-electron chi connectivity index (χ3n) is 5.81. The van der Waals surface area contributed by atoms with Gasteiger partial charge in [0.2, 0.25) is 5.91 Å². The smallest absolute Gasteiger partial charge is 0.349 e. The van der Waals surface area contributed by atoms with Crippen molar-refractivity contribution in [3.8, 4) is 0 Å². The lowest BCUT2D eigenvalue weighted by Crippen LogP contribution is -2.63. The van der Waals surface area contributed by atoms with E-state index in [0.717, 1.165) is 37.8 Å². The van der Waals surface area contributed by atoms with Gasteiger partial charge < -0.3 is 11.1 Å². The highest BCUT2D eigenvalue weighted by atomic mass is 19.4. The fraction of sp³-hybridized carbons (Fsp3) is 0.600. The van der Waals surface area contributed by atoms with Gasteiger partial charge in [0, 0.05) is 30.9 Å². The first-order chi connectivity index (χ1) is 14.8. The molecule has 0 unspecified atom stereocenters. The number of halogens is 6. The van der Waals surface area contributed by atoms with Gasteiger partial charge in [0.25, 0.3) is 0 Å². The summed E-state index contributed by atoms with van der Waals surface area (Å²) in [5.41, 5.74) is 4.00. The molecule has 1 aromatic rings. The lowest BCUT2D eigenvalue weighted by molar-refractivity contribution is -0.170. The van der Waals surface area contributed by atoms with Gasteiger partial charge in [-0.25, -0.2) is 0 Å². The zero-order valence-corrected chi connectivity index (χ0v) is 17.0. The highest BCUT2D eigenvalue weighted by Crippen LogP contribution is 2.33. The molecule has 0 atom stereocenters. The van der Waals surface area contributed by atoms with E-state index in [1.165, 1.54) is 0 Å². The topological polar surface area (TPSA) is 78.7 Å². The molecule has 1 aliphatic carbocycles. The second-order valence-corrected chi connectivity index (χ2v) is 8.22. The number of amides is 2. The zero-order chi connectivity index (χ0) is 23.7. The molecule has 32 heavy (non-hydrogen) atoms. The van der Waals surface area contributed by atoms with Crippen LogP contribution in [0, 0.1) is 0 Å². The van der Waals surface area contributed by atoms with Crippen LogP contribution in [0.25, 0.3) is 0 Å². The minimum atomic E-state index is -5.36. The van der Waals surface area contributed by atoms with Crippen molar-refractivity contribution in [3.05, 3.63) is 29.8 Å². The Labute approximate surface area is 180 Å².